The van der Waals surface area contributed by atoms with Crippen molar-refractivity contribution in [2.24, 2.45) is 0 Å². The Balaban J connectivity index is 2.88. The van der Waals surface area contributed by atoms with Gasteiger partial charge in [0.25, 0.3) is 0 Å². The van der Waals surface area contributed by atoms with Gasteiger partial charge in [-0.2, -0.15) is 13.2 Å². The predicted octanol–water partition coefficient (Wildman–Crippen LogP) is 2.27. The number of carboxylic acids is 1. The van der Waals surface area contributed by atoms with Gasteiger partial charge in [-0.1, -0.05) is 24.3 Å². The van der Waals surface area contributed by atoms with E-state index in [1.165, 1.54) is 6.07 Å². The van der Waals surface area contributed by atoms with Gasteiger partial charge in [-0.3, -0.25) is 10.1 Å². The van der Waals surface area contributed by atoms with E-state index in [4.69, 9.17) is 5.11 Å². The minimum atomic E-state index is -4.43. The summed E-state index contributed by atoms with van der Waals surface area (Å²) < 4.78 is 36.1. The molecule has 0 saturated heterocycles. The fourth-order valence-corrected chi connectivity index (χ4v) is 1.46. The molecular formula is C11H12F3NO2. The monoisotopic (exact) mass is 247 g/mol. The minimum absolute atomic E-state index is 0.337. The predicted molar refractivity (Wildman–Crippen MR) is 55.6 cm³/mol. The Morgan fingerprint density at radius 3 is 2.47 bits per heavy atom. The van der Waals surface area contributed by atoms with Crippen molar-refractivity contribution in [2.45, 2.75) is 19.1 Å². The standard InChI is InChI=1S/C11H12F3NO2/c1-7-4-2-3-5-8(7)9(10(16)17)15-6-11(12,13)14/h2-5,9,15H,6H2,1H3,(H,16,17). The van der Waals surface area contributed by atoms with Crippen molar-refractivity contribution in [3.63, 3.8) is 0 Å². The lowest BCUT2D eigenvalue weighted by Crippen LogP contribution is -2.36. The van der Waals surface area contributed by atoms with Gasteiger partial charge in [-0.15, -0.1) is 0 Å². The van der Waals surface area contributed by atoms with E-state index in [0.717, 1.165) is 0 Å². The maximum atomic E-state index is 12.0. The van der Waals surface area contributed by atoms with Crippen LogP contribution < -0.4 is 5.32 Å². The van der Waals surface area contributed by atoms with E-state index in [1.807, 2.05) is 5.32 Å². The smallest absolute Gasteiger partial charge is 0.401 e. The number of aliphatic carboxylic acids is 1. The molecule has 1 atom stereocenters. The second-order valence-corrected chi connectivity index (χ2v) is 3.62. The van der Waals surface area contributed by atoms with Crippen molar-refractivity contribution in [3.8, 4) is 0 Å². The summed E-state index contributed by atoms with van der Waals surface area (Å²) >= 11 is 0. The topological polar surface area (TPSA) is 49.3 Å². The summed E-state index contributed by atoms with van der Waals surface area (Å²) in [5.41, 5.74) is 0.971. The van der Waals surface area contributed by atoms with Gasteiger partial charge in [0.1, 0.15) is 6.04 Å². The van der Waals surface area contributed by atoms with Crippen LogP contribution in [0.4, 0.5) is 13.2 Å². The first-order valence-corrected chi connectivity index (χ1v) is 4.90. The maximum Gasteiger partial charge on any atom is 0.401 e. The number of alkyl halides is 3. The van der Waals surface area contributed by atoms with Gasteiger partial charge >= 0.3 is 12.1 Å². The van der Waals surface area contributed by atoms with Gasteiger partial charge in [0.2, 0.25) is 0 Å². The van der Waals surface area contributed by atoms with E-state index >= 15 is 0 Å². The second kappa shape index (κ2) is 5.18. The lowest BCUT2D eigenvalue weighted by atomic mass is 10.0. The molecular weight excluding hydrogens is 235 g/mol. The minimum Gasteiger partial charge on any atom is -0.480 e. The molecule has 1 aromatic carbocycles. The molecule has 0 aliphatic carbocycles. The zero-order chi connectivity index (χ0) is 13.1. The first-order chi connectivity index (χ1) is 7.81. The van der Waals surface area contributed by atoms with E-state index < -0.39 is 24.7 Å². The van der Waals surface area contributed by atoms with Gasteiger partial charge < -0.3 is 5.11 Å². The third kappa shape index (κ3) is 4.07. The van der Waals surface area contributed by atoms with Gasteiger partial charge in [0.15, 0.2) is 0 Å². The van der Waals surface area contributed by atoms with Crippen LogP contribution in [0.25, 0.3) is 0 Å². The number of hydrogen-bond donors (Lipinski definition) is 2. The highest BCUT2D eigenvalue weighted by Gasteiger charge is 2.31. The van der Waals surface area contributed by atoms with Gasteiger partial charge in [0, 0.05) is 0 Å². The van der Waals surface area contributed by atoms with Crippen LogP contribution in [-0.4, -0.2) is 23.8 Å². The number of nitrogens with one attached hydrogen (secondary N) is 1. The van der Waals surface area contributed by atoms with Crippen molar-refractivity contribution in [1.82, 2.24) is 5.32 Å². The third-order valence-electron chi connectivity index (χ3n) is 2.25. The molecule has 0 amide bonds. The molecule has 17 heavy (non-hydrogen) atoms. The van der Waals surface area contributed by atoms with Crippen LogP contribution in [-0.2, 0) is 4.79 Å². The van der Waals surface area contributed by atoms with Crippen molar-refractivity contribution in [2.75, 3.05) is 6.54 Å². The number of aryl methyl sites for hydroxylation is 1. The molecule has 0 radical (unpaired) electrons. The fourth-order valence-electron chi connectivity index (χ4n) is 1.46. The summed E-state index contributed by atoms with van der Waals surface area (Å²) in [6.45, 7) is 0.318. The molecule has 0 saturated carbocycles. The van der Waals surface area contributed by atoms with Crippen LogP contribution in [0, 0.1) is 6.92 Å². The van der Waals surface area contributed by atoms with Crippen molar-refractivity contribution < 1.29 is 23.1 Å². The molecule has 0 fully saturated rings. The van der Waals surface area contributed by atoms with Gasteiger partial charge in [-0.25, -0.2) is 0 Å². The average Bonchev–Trinajstić information content (AvgIpc) is 2.18. The van der Waals surface area contributed by atoms with E-state index in [1.54, 1.807) is 25.1 Å². The highest BCUT2D eigenvalue weighted by atomic mass is 19.4. The Morgan fingerprint density at radius 2 is 2.00 bits per heavy atom. The Bertz CT molecular complexity index is 404. The summed E-state index contributed by atoms with van der Waals surface area (Å²) in [6.07, 6.45) is -4.43. The zero-order valence-electron chi connectivity index (χ0n) is 9.08. The molecule has 6 heteroatoms. The SMILES string of the molecule is Cc1ccccc1C(NCC(F)(F)F)C(=O)O. The average molecular weight is 247 g/mol. The molecule has 1 unspecified atom stereocenters. The summed E-state index contributed by atoms with van der Waals surface area (Å²) in [6, 6.07) is 5.09. The van der Waals surface area contributed by atoms with Crippen LogP contribution in [0.2, 0.25) is 0 Å². The lowest BCUT2D eigenvalue weighted by Gasteiger charge is -2.17. The lowest BCUT2D eigenvalue weighted by molar-refractivity contribution is -0.143. The number of carboxylic acid groups (broad SMARTS) is 1. The van der Waals surface area contributed by atoms with Crippen LogP contribution in [0.15, 0.2) is 24.3 Å². The largest absolute Gasteiger partial charge is 0.480 e. The summed E-state index contributed by atoms with van der Waals surface area (Å²) in [4.78, 5) is 10.9. The molecule has 0 spiro atoms. The highest BCUT2D eigenvalue weighted by Crippen LogP contribution is 2.20. The molecule has 0 aliphatic heterocycles. The van der Waals surface area contributed by atoms with E-state index in [0.29, 0.717) is 11.1 Å². The van der Waals surface area contributed by atoms with Crippen LogP contribution in [0.3, 0.4) is 0 Å². The summed E-state index contributed by atoms with van der Waals surface area (Å²) in [5.74, 6) is -1.33. The molecule has 94 valence electrons. The summed E-state index contributed by atoms with van der Waals surface area (Å²) in [7, 11) is 0. The molecule has 0 aromatic heterocycles. The number of rotatable bonds is 4. The van der Waals surface area contributed by atoms with Gasteiger partial charge in [-0.05, 0) is 18.1 Å². The normalized spacial score (nSPS) is 13.4. The Hall–Kier alpha value is -1.56. The molecule has 0 bridgehead atoms. The molecule has 0 aliphatic rings. The number of halogens is 3. The van der Waals surface area contributed by atoms with Crippen molar-refractivity contribution >= 4 is 5.97 Å². The van der Waals surface area contributed by atoms with E-state index in [2.05, 4.69) is 0 Å². The third-order valence-corrected chi connectivity index (χ3v) is 2.25. The van der Waals surface area contributed by atoms with Crippen LogP contribution in [0.1, 0.15) is 17.2 Å². The molecule has 0 heterocycles. The molecule has 1 rings (SSSR count). The van der Waals surface area contributed by atoms with E-state index in [-0.39, 0.29) is 0 Å². The molecule has 3 nitrogen and oxygen atoms in total. The van der Waals surface area contributed by atoms with Crippen LogP contribution in [0.5, 0.6) is 0 Å². The van der Waals surface area contributed by atoms with E-state index in [9.17, 15) is 18.0 Å². The quantitative estimate of drug-likeness (QED) is 0.858. The van der Waals surface area contributed by atoms with Crippen molar-refractivity contribution in [3.05, 3.63) is 35.4 Å². The zero-order valence-corrected chi connectivity index (χ0v) is 9.08. The van der Waals surface area contributed by atoms with Crippen molar-refractivity contribution in [1.29, 1.82) is 0 Å². The Morgan fingerprint density at radius 1 is 1.41 bits per heavy atom. The number of carbonyl (C=O) groups is 1. The Labute approximate surface area is 96.3 Å². The highest BCUT2D eigenvalue weighted by molar-refractivity contribution is 5.76. The Kier molecular flexibility index (Phi) is 4.11. The second-order valence-electron chi connectivity index (χ2n) is 3.62. The molecule has 1 aromatic rings. The first kappa shape index (κ1) is 13.5. The van der Waals surface area contributed by atoms with Crippen LogP contribution >= 0.6 is 0 Å². The fraction of sp³-hybridized carbons (Fsp3) is 0.364. The molecule has 2 N–H and O–H groups in total. The maximum absolute atomic E-state index is 12.0. The number of benzene rings is 1. The first-order valence-electron chi connectivity index (χ1n) is 4.90. The number of hydrogen-bond acceptors (Lipinski definition) is 2. The van der Waals surface area contributed by atoms with Gasteiger partial charge in [0.05, 0.1) is 6.54 Å². The summed E-state index contributed by atoms with van der Waals surface area (Å²) in [5, 5.41) is 10.9.